The van der Waals surface area contributed by atoms with E-state index in [0.717, 1.165) is 23.8 Å². The molecule has 0 bridgehead atoms. The van der Waals surface area contributed by atoms with Crippen molar-refractivity contribution < 1.29 is 22.4 Å². The first-order valence-electron chi connectivity index (χ1n) is 11.8. The van der Waals surface area contributed by atoms with Crippen LogP contribution in [0, 0.1) is 19.7 Å². The van der Waals surface area contributed by atoms with Gasteiger partial charge in [0.15, 0.2) is 0 Å². The minimum atomic E-state index is -3.57. The number of amides is 2. The Morgan fingerprint density at radius 2 is 1.80 bits per heavy atom. The van der Waals surface area contributed by atoms with Gasteiger partial charge in [-0.2, -0.15) is 0 Å². The molecule has 2 aromatic carbocycles. The lowest BCUT2D eigenvalue weighted by Gasteiger charge is -2.29. The van der Waals surface area contributed by atoms with Crippen molar-refractivity contribution in [1.82, 2.24) is 10.2 Å². The molecule has 2 aromatic rings. The fraction of sp³-hybridized carbons (Fsp3) is 0.462. The van der Waals surface area contributed by atoms with E-state index in [-0.39, 0.29) is 37.7 Å². The highest BCUT2D eigenvalue weighted by Gasteiger charge is 2.27. The first kappa shape index (κ1) is 28.3. The normalized spacial score (nSPS) is 12.2. The predicted molar refractivity (Wildman–Crippen MR) is 137 cm³/mol. The molecule has 0 aliphatic rings. The Labute approximate surface area is 208 Å². The molecule has 0 saturated heterocycles. The number of nitrogens with one attached hydrogen (secondary N) is 1. The van der Waals surface area contributed by atoms with Crippen LogP contribution >= 0.6 is 0 Å². The number of sulfonamides is 1. The lowest BCUT2D eigenvalue weighted by atomic mass is 10.1. The number of halogens is 1. The van der Waals surface area contributed by atoms with E-state index in [1.807, 2.05) is 39.0 Å². The summed E-state index contributed by atoms with van der Waals surface area (Å²) in [5, 5.41) is 2.78. The van der Waals surface area contributed by atoms with Gasteiger partial charge in [0.25, 0.3) is 0 Å². The second kappa shape index (κ2) is 12.7. The molecule has 1 N–H and O–H groups in total. The Hall–Kier alpha value is -2.94. The van der Waals surface area contributed by atoms with Crippen molar-refractivity contribution in [1.29, 1.82) is 0 Å². The number of hydrogen-bond acceptors (Lipinski definition) is 4. The molecule has 0 spiro atoms. The highest BCUT2D eigenvalue weighted by atomic mass is 32.2. The summed E-state index contributed by atoms with van der Waals surface area (Å²) in [6, 6.07) is 10.9. The van der Waals surface area contributed by atoms with Gasteiger partial charge in [0, 0.05) is 31.6 Å². The van der Waals surface area contributed by atoms with E-state index in [1.54, 1.807) is 25.1 Å². The molecular weight excluding hydrogens is 469 g/mol. The van der Waals surface area contributed by atoms with Crippen molar-refractivity contribution in [3.8, 4) is 0 Å². The molecule has 2 rings (SSSR count). The van der Waals surface area contributed by atoms with E-state index in [4.69, 9.17) is 0 Å². The summed E-state index contributed by atoms with van der Waals surface area (Å²) in [4.78, 5) is 27.2. The van der Waals surface area contributed by atoms with Crippen LogP contribution in [0.2, 0.25) is 0 Å². The highest BCUT2D eigenvalue weighted by molar-refractivity contribution is 7.92. The van der Waals surface area contributed by atoms with E-state index in [1.165, 1.54) is 15.3 Å². The number of carbonyl (C=O) groups excluding carboxylic acids is 2. The Morgan fingerprint density at radius 1 is 1.11 bits per heavy atom. The Morgan fingerprint density at radius 3 is 2.43 bits per heavy atom. The maximum absolute atomic E-state index is 14.3. The molecule has 0 aromatic heterocycles. The van der Waals surface area contributed by atoms with Crippen LogP contribution in [0.3, 0.4) is 0 Å². The number of hydrogen-bond donors (Lipinski definition) is 1. The van der Waals surface area contributed by atoms with Crippen molar-refractivity contribution in [2.24, 2.45) is 0 Å². The van der Waals surface area contributed by atoms with E-state index < -0.39 is 21.9 Å². The smallest absolute Gasteiger partial charge is 0.242 e. The fourth-order valence-corrected chi connectivity index (χ4v) is 4.77. The topological polar surface area (TPSA) is 86.8 Å². The first-order valence-corrected chi connectivity index (χ1v) is 13.7. The van der Waals surface area contributed by atoms with Crippen LogP contribution in [0.1, 0.15) is 49.8 Å². The van der Waals surface area contributed by atoms with Crippen LogP contribution in [-0.4, -0.2) is 50.5 Å². The van der Waals surface area contributed by atoms with Gasteiger partial charge in [-0.1, -0.05) is 37.3 Å². The van der Waals surface area contributed by atoms with Gasteiger partial charge in [0.05, 0.1) is 11.9 Å². The van der Waals surface area contributed by atoms with Crippen molar-refractivity contribution in [3.63, 3.8) is 0 Å². The van der Waals surface area contributed by atoms with E-state index >= 15 is 0 Å². The van der Waals surface area contributed by atoms with Crippen molar-refractivity contribution >= 4 is 27.5 Å². The molecule has 1 atom stereocenters. The van der Waals surface area contributed by atoms with Crippen molar-refractivity contribution in [3.05, 3.63) is 65.0 Å². The summed E-state index contributed by atoms with van der Waals surface area (Å²) in [6.45, 7) is 7.80. The van der Waals surface area contributed by atoms with Gasteiger partial charge in [-0.3, -0.25) is 13.9 Å². The maximum atomic E-state index is 14.3. The molecule has 0 fully saturated rings. The van der Waals surface area contributed by atoms with Gasteiger partial charge in [-0.25, -0.2) is 12.8 Å². The molecule has 1 unspecified atom stereocenters. The summed E-state index contributed by atoms with van der Waals surface area (Å²) < 4.78 is 40.7. The number of rotatable bonds is 12. The van der Waals surface area contributed by atoms with Crippen LogP contribution in [0.4, 0.5) is 10.1 Å². The first-order chi connectivity index (χ1) is 16.5. The van der Waals surface area contributed by atoms with Gasteiger partial charge in [-0.15, -0.1) is 0 Å². The third-order valence-corrected chi connectivity index (χ3v) is 6.98. The average molecular weight is 506 g/mol. The largest absolute Gasteiger partial charge is 0.354 e. The molecule has 0 aliphatic carbocycles. The molecule has 0 aliphatic heterocycles. The minimum Gasteiger partial charge on any atom is -0.354 e. The standard InChI is InChI=1S/C26H36FN3O4S/c1-6-15-28-26(32)21(4)29(18-22-10-7-8-11-23(22)27)25(31)12-9-16-30(35(5,33)34)24-17-19(2)13-14-20(24)3/h7-8,10-11,13-14,17,21H,6,9,12,15-16,18H2,1-5H3,(H,28,32). The third-order valence-electron chi connectivity index (χ3n) is 5.80. The molecule has 0 saturated carbocycles. The number of carbonyl (C=O) groups is 2. The number of aryl methyl sites for hydroxylation is 2. The van der Waals surface area contributed by atoms with Crippen molar-refractivity contribution in [2.75, 3.05) is 23.7 Å². The number of benzene rings is 2. The van der Waals surface area contributed by atoms with Crippen LogP contribution in [-0.2, 0) is 26.2 Å². The zero-order valence-corrected chi connectivity index (χ0v) is 22.0. The molecule has 0 heterocycles. The van der Waals surface area contributed by atoms with Crippen LogP contribution in [0.15, 0.2) is 42.5 Å². The zero-order chi connectivity index (χ0) is 26.2. The maximum Gasteiger partial charge on any atom is 0.242 e. The van der Waals surface area contributed by atoms with E-state index in [0.29, 0.717) is 17.8 Å². The Kier molecular flexibility index (Phi) is 10.2. The van der Waals surface area contributed by atoms with Gasteiger partial charge in [-0.05, 0) is 56.9 Å². The van der Waals surface area contributed by atoms with Gasteiger partial charge >= 0.3 is 0 Å². The lowest BCUT2D eigenvalue weighted by Crippen LogP contribution is -2.48. The molecular formula is C26H36FN3O4S. The van der Waals surface area contributed by atoms with Crippen LogP contribution in [0.5, 0.6) is 0 Å². The summed E-state index contributed by atoms with van der Waals surface area (Å²) in [6.07, 6.45) is 2.15. The highest BCUT2D eigenvalue weighted by Crippen LogP contribution is 2.24. The Balaban J connectivity index is 2.20. The van der Waals surface area contributed by atoms with Crippen molar-refractivity contribution in [2.45, 2.75) is 59.5 Å². The lowest BCUT2D eigenvalue weighted by molar-refractivity contribution is -0.140. The van der Waals surface area contributed by atoms with Gasteiger partial charge in [0.1, 0.15) is 11.9 Å². The van der Waals surface area contributed by atoms with Crippen LogP contribution < -0.4 is 9.62 Å². The molecule has 9 heteroatoms. The Bertz CT molecular complexity index is 1140. The molecule has 192 valence electrons. The van der Waals surface area contributed by atoms with Crippen LogP contribution in [0.25, 0.3) is 0 Å². The number of nitrogens with zero attached hydrogens (tertiary/aromatic N) is 2. The summed E-state index contributed by atoms with van der Waals surface area (Å²) in [5.41, 5.74) is 2.63. The average Bonchev–Trinajstić information content (AvgIpc) is 2.80. The number of anilines is 1. The molecule has 7 nitrogen and oxygen atoms in total. The zero-order valence-electron chi connectivity index (χ0n) is 21.2. The summed E-state index contributed by atoms with van der Waals surface area (Å²) in [7, 11) is -3.57. The predicted octanol–water partition coefficient (Wildman–Crippen LogP) is 3.93. The fourth-order valence-electron chi connectivity index (χ4n) is 3.76. The second-order valence-electron chi connectivity index (χ2n) is 8.81. The monoisotopic (exact) mass is 505 g/mol. The SMILES string of the molecule is CCCNC(=O)C(C)N(Cc1ccccc1F)C(=O)CCCN(c1cc(C)ccc1C)S(C)(=O)=O. The molecule has 35 heavy (non-hydrogen) atoms. The van der Waals surface area contributed by atoms with E-state index in [9.17, 15) is 22.4 Å². The molecule has 2 amide bonds. The summed E-state index contributed by atoms with van der Waals surface area (Å²) in [5.74, 6) is -1.11. The quantitative estimate of drug-likeness (QED) is 0.474. The second-order valence-corrected chi connectivity index (χ2v) is 10.7. The summed E-state index contributed by atoms with van der Waals surface area (Å²) >= 11 is 0. The third kappa shape index (κ3) is 8.06. The molecule has 0 radical (unpaired) electrons. The van der Waals surface area contributed by atoms with E-state index in [2.05, 4.69) is 5.32 Å². The van der Waals surface area contributed by atoms with Gasteiger partial charge < -0.3 is 10.2 Å². The van der Waals surface area contributed by atoms with Gasteiger partial charge in [0.2, 0.25) is 21.8 Å². The minimum absolute atomic E-state index is 0.0106.